The standard InChI is InChI=1S/C15H19N5O/c1-19-14(11-17-18-19)10-16-9-12-4-6-13(7-5-12)20-8-2-3-15(20)21/h4-7,11,16H,2-3,8-10H2,1H3. The zero-order valence-electron chi connectivity index (χ0n) is 12.1. The van der Waals surface area contributed by atoms with Crippen LogP contribution in [0.4, 0.5) is 5.69 Å². The van der Waals surface area contributed by atoms with Crippen LogP contribution in [0.25, 0.3) is 0 Å². The molecular weight excluding hydrogens is 266 g/mol. The zero-order chi connectivity index (χ0) is 14.7. The molecule has 1 fully saturated rings. The number of amides is 1. The fraction of sp³-hybridized carbons (Fsp3) is 0.400. The highest BCUT2D eigenvalue weighted by Crippen LogP contribution is 2.21. The maximum Gasteiger partial charge on any atom is 0.227 e. The van der Waals surface area contributed by atoms with E-state index in [1.165, 1.54) is 5.56 Å². The van der Waals surface area contributed by atoms with E-state index in [-0.39, 0.29) is 5.91 Å². The van der Waals surface area contributed by atoms with Crippen molar-refractivity contribution in [2.75, 3.05) is 11.4 Å². The van der Waals surface area contributed by atoms with Crippen molar-refractivity contribution in [2.24, 2.45) is 7.05 Å². The van der Waals surface area contributed by atoms with E-state index in [0.717, 1.165) is 37.4 Å². The quantitative estimate of drug-likeness (QED) is 0.897. The van der Waals surface area contributed by atoms with Crippen LogP contribution in [-0.2, 0) is 24.9 Å². The summed E-state index contributed by atoms with van der Waals surface area (Å²) >= 11 is 0. The Bertz CT molecular complexity index is 619. The molecule has 3 rings (SSSR count). The van der Waals surface area contributed by atoms with Gasteiger partial charge in [-0.1, -0.05) is 17.3 Å². The molecule has 0 spiro atoms. The van der Waals surface area contributed by atoms with Gasteiger partial charge in [0, 0.05) is 38.8 Å². The second-order valence-corrected chi connectivity index (χ2v) is 5.27. The summed E-state index contributed by atoms with van der Waals surface area (Å²) in [5.41, 5.74) is 3.24. The van der Waals surface area contributed by atoms with Crippen LogP contribution < -0.4 is 10.2 Å². The Morgan fingerprint density at radius 1 is 1.24 bits per heavy atom. The number of aromatic nitrogens is 3. The van der Waals surface area contributed by atoms with E-state index in [1.54, 1.807) is 10.9 Å². The van der Waals surface area contributed by atoms with Crippen LogP contribution >= 0.6 is 0 Å². The Morgan fingerprint density at radius 2 is 2.05 bits per heavy atom. The molecule has 0 bridgehead atoms. The van der Waals surface area contributed by atoms with Crippen LogP contribution in [0.3, 0.4) is 0 Å². The summed E-state index contributed by atoms with van der Waals surface area (Å²) in [5, 5.41) is 11.1. The molecule has 1 saturated heterocycles. The Balaban J connectivity index is 1.55. The van der Waals surface area contributed by atoms with E-state index in [0.29, 0.717) is 6.42 Å². The van der Waals surface area contributed by atoms with Gasteiger partial charge in [-0.25, -0.2) is 0 Å². The third-order valence-electron chi connectivity index (χ3n) is 3.76. The van der Waals surface area contributed by atoms with Crippen molar-refractivity contribution in [2.45, 2.75) is 25.9 Å². The van der Waals surface area contributed by atoms with E-state index >= 15 is 0 Å². The highest BCUT2D eigenvalue weighted by atomic mass is 16.2. The molecule has 2 aromatic rings. The molecule has 0 radical (unpaired) electrons. The van der Waals surface area contributed by atoms with Gasteiger partial charge in [0.2, 0.25) is 5.91 Å². The van der Waals surface area contributed by atoms with Crippen molar-refractivity contribution in [1.82, 2.24) is 20.3 Å². The minimum atomic E-state index is 0.226. The van der Waals surface area contributed by atoms with Gasteiger partial charge in [-0.3, -0.25) is 9.48 Å². The van der Waals surface area contributed by atoms with Gasteiger partial charge in [0.25, 0.3) is 0 Å². The van der Waals surface area contributed by atoms with Crippen molar-refractivity contribution >= 4 is 11.6 Å². The highest BCUT2D eigenvalue weighted by molar-refractivity contribution is 5.95. The molecule has 6 nitrogen and oxygen atoms in total. The molecule has 110 valence electrons. The van der Waals surface area contributed by atoms with E-state index in [1.807, 2.05) is 24.1 Å². The molecule has 1 aliphatic rings. The molecular formula is C15H19N5O. The maximum atomic E-state index is 11.7. The first kappa shape index (κ1) is 13.8. The van der Waals surface area contributed by atoms with E-state index in [2.05, 4.69) is 27.8 Å². The van der Waals surface area contributed by atoms with Crippen LogP contribution in [0.5, 0.6) is 0 Å². The first-order valence-electron chi connectivity index (χ1n) is 7.17. The fourth-order valence-corrected chi connectivity index (χ4v) is 2.52. The molecule has 1 aromatic carbocycles. The summed E-state index contributed by atoms with van der Waals surface area (Å²) in [7, 11) is 1.88. The molecule has 1 amide bonds. The number of carbonyl (C=O) groups excluding carboxylic acids is 1. The molecule has 0 atom stereocenters. The number of carbonyl (C=O) groups is 1. The Kier molecular flexibility index (Phi) is 3.96. The monoisotopic (exact) mass is 285 g/mol. The second-order valence-electron chi connectivity index (χ2n) is 5.27. The fourth-order valence-electron chi connectivity index (χ4n) is 2.52. The predicted molar refractivity (Wildman–Crippen MR) is 79.6 cm³/mol. The minimum absolute atomic E-state index is 0.226. The smallest absolute Gasteiger partial charge is 0.227 e. The lowest BCUT2D eigenvalue weighted by molar-refractivity contribution is -0.117. The number of aryl methyl sites for hydroxylation is 1. The maximum absolute atomic E-state index is 11.7. The topological polar surface area (TPSA) is 63.1 Å². The summed E-state index contributed by atoms with van der Waals surface area (Å²) in [4.78, 5) is 13.6. The largest absolute Gasteiger partial charge is 0.312 e. The van der Waals surface area contributed by atoms with Gasteiger partial charge in [0.05, 0.1) is 11.9 Å². The van der Waals surface area contributed by atoms with Gasteiger partial charge in [-0.05, 0) is 24.1 Å². The Morgan fingerprint density at radius 3 is 2.67 bits per heavy atom. The van der Waals surface area contributed by atoms with Crippen molar-refractivity contribution in [3.05, 3.63) is 41.7 Å². The molecule has 1 aliphatic heterocycles. The third kappa shape index (κ3) is 3.11. The van der Waals surface area contributed by atoms with Gasteiger partial charge in [0.1, 0.15) is 0 Å². The molecule has 0 aliphatic carbocycles. The lowest BCUT2D eigenvalue weighted by Crippen LogP contribution is -2.23. The van der Waals surface area contributed by atoms with Crippen LogP contribution in [-0.4, -0.2) is 27.4 Å². The van der Waals surface area contributed by atoms with Crippen LogP contribution in [0, 0.1) is 0 Å². The van der Waals surface area contributed by atoms with Crippen LogP contribution in [0.15, 0.2) is 30.5 Å². The number of rotatable bonds is 5. The molecule has 1 N–H and O–H groups in total. The summed E-state index contributed by atoms with van der Waals surface area (Å²) in [6, 6.07) is 8.17. The van der Waals surface area contributed by atoms with Crippen molar-refractivity contribution in [3.63, 3.8) is 0 Å². The molecule has 6 heteroatoms. The molecule has 0 saturated carbocycles. The number of nitrogens with zero attached hydrogens (tertiary/aromatic N) is 4. The number of nitrogens with one attached hydrogen (secondary N) is 1. The minimum Gasteiger partial charge on any atom is -0.312 e. The average molecular weight is 285 g/mol. The summed E-state index contributed by atoms with van der Waals surface area (Å²) < 4.78 is 1.76. The molecule has 2 heterocycles. The van der Waals surface area contributed by atoms with Gasteiger partial charge < -0.3 is 10.2 Å². The summed E-state index contributed by atoms with van der Waals surface area (Å²) in [6.07, 6.45) is 3.39. The van der Waals surface area contributed by atoms with Gasteiger partial charge in [-0.15, -0.1) is 5.10 Å². The predicted octanol–water partition coefficient (Wildman–Crippen LogP) is 1.23. The second kappa shape index (κ2) is 6.05. The third-order valence-corrected chi connectivity index (χ3v) is 3.76. The number of hydrogen-bond acceptors (Lipinski definition) is 4. The summed E-state index contributed by atoms with van der Waals surface area (Å²) in [6.45, 7) is 2.35. The number of hydrogen-bond donors (Lipinski definition) is 1. The van der Waals surface area contributed by atoms with Gasteiger partial charge in [-0.2, -0.15) is 0 Å². The lowest BCUT2D eigenvalue weighted by Gasteiger charge is -2.16. The first-order valence-corrected chi connectivity index (χ1v) is 7.17. The SMILES string of the molecule is Cn1nncc1CNCc1ccc(N2CCCC2=O)cc1. The van der Waals surface area contributed by atoms with E-state index in [9.17, 15) is 4.79 Å². The van der Waals surface area contributed by atoms with Gasteiger partial charge >= 0.3 is 0 Å². The van der Waals surface area contributed by atoms with Crippen LogP contribution in [0.2, 0.25) is 0 Å². The van der Waals surface area contributed by atoms with E-state index < -0.39 is 0 Å². The van der Waals surface area contributed by atoms with Crippen molar-refractivity contribution in [1.29, 1.82) is 0 Å². The highest BCUT2D eigenvalue weighted by Gasteiger charge is 2.21. The van der Waals surface area contributed by atoms with Crippen molar-refractivity contribution < 1.29 is 4.79 Å². The zero-order valence-corrected chi connectivity index (χ0v) is 12.1. The number of anilines is 1. The lowest BCUT2D eigenvalue weighted by atomic mass is 10.2. The Labute approximate surface area is 123 Å². The Hall–Kier alpha value is -2.21. The molecule has 21 heavy (non-hydrogen) atoms. The average Bonchev–Trinajstić information content (AvgIpc) is 3.09. The normalized spacial score (nSPS) is 14.9. The van der Waals surface area contributed by atoms with E-state index in [4.69, 9.17) is 0 Å². The summed E-state index contributed by atoms with van der Waals surface area (Å²) in [5.74, 6) is 0.226. The van der Waals surface area contributed by atoms with Crippen LogP contribution in [0.1, 0.15) is 24.1 Å². The molecule has 1 aromatic heterocycles. The first-order chi connectivity index (χ1) is 10.2. The van der Waals surface area contributed by atoms with Gasteiger partial charge in [0.15, 0.2) is 0 Å². The molecule has 0 unspecified atom stereocenters. The van der Waals surface area contributed by atoms with Crippen molar-refractivity contribution in [3.8, 4) is 0 Å². The number of benzene rings is 1.